The van der Waals surface area contributed by atoms with E-state index < -0.39 is 0 Å². The Hall–Kier alpha value is 0.660. The van der Waals surface area contributed by atoms with E-state index in [1.54, 1.807) is 0 Å². The minimum Gasteiger partial charge on any atom is -0.312 e. The molecular weight excluding hydrogens is 162 g/mol. The van der Waals surface area contributed by atoms with Gasteiger partial charge in [-0.1, -0.05) is 0 Å². The predicted molar refractivity (Wildman–Crippen MR) is 49.7 cm³/mol. The largest absolute Gasteiger partial charge is 0.312 e. The van der Waals surface area contributed by atoms with Crippen LogP contribution >= 0.6 is 23.5 Å². The lowest BCUT2D eigenvalue weighted by Gasteiger charge is -2.18. The zero-order valence-electron chi connectivity index (χ0n) is 6.22. The second-order valence-electron chi connectivity index (χ2n) is 3.09. The monoisotopic (exact) mass is 175 g/mol. The standard InChI is InChI=1S/C7H13NS2/c1-6-4-7(5-8-6)9-2-3-10-7/h6,8H,2-5H2,1H3/t6-/m0/s1. The lowest BCUT2D eigenvalue weighted by molar-refractivity contribution is 0.664. The van der Waals surface area contributed by atoms with Gasteiger partial charge in [0.2, 0.25) is 0 Å². The molecule has 0 aliphatic carbocycles. The maximum absolute atomic E-state index is 3.51. The van der Waals surface area contributed by atoms with Crippen LogP contribution in [0.1, 0.15) is 13.3 Å². The van der Waals surface area contributed by atoms with Crippen LogP contribution in [0.25, 0.3) is 0 Å². The van der Waals surface area contributed by atoms with E-state index in [-0.39, 0.29) is 0 Å². The minimum absolute atomic E-state index is 0.583. The van der Waals surface area contributed by atoms with Crippen molar-refractivity contribution < 1.29 is 0 Å². The van der Waals surface area contributed by atoms with E-state index in [1.807, 2.05) is 0 Å². The van der Waals surface area contributed by atoms with Crippen LogP contribution in [-0.2, 0) is 0 Å². The van der Waals surface area contributed by atoms with Crippen LogP contribution < -0.4 is 5.32 Å². The summed E-state index contributed by atoms with van der Waals surface area (Å²) in [5.74, 6) is 2.72. The highest BCUT2D eigenvalue weighted by molar-refractivity contribution is 8.21. The highest BCUT2D eigenvalue weighted by Gasteiger charge is 2.40. The van der Waals surface area contributed by atoms with Gasteiger partial charge in [0.15, 0.2) is 0 Å². The maximum Gasteiger partial charge on any atom is 0.0750 e. The lowest BCUT2D eigenvalue weighted by Crippen LogP contribution is -2.21. The summed E-state index contributed by atoms with van der Waals surface area (Å²) >= 11 is 4.31. The third-order valence-electron chi connectivity index (χ3n) is 2.15. The van der Waals surface area contributed by atoms with Crippen molar-refractivity contribution in [2.24, 2.45) is 0 Å². The van der Waals surface area contributed by atoms with Crippen LogP contribution in [0.15, 0.2) is 0 Å². The Morgan fingerprint density at radius 1 is 1.40 bits per heavy atom. The van der Waals surface area contributed by atoms with Crippen LogP contribution in [0.5, 0.6) is 0 Å². The van der Waals surface area contributed by atoms with Gasteiger partial charge in [0.25, 0.3) is 0 Å². The zero-order valence-corrected chi connectivity index (χ0v) is 7.86. The summed E-state index contributed by atoms with van der Waals surface area (Å²) in [7, 11) is 0. The molecule has 1 atom stereocenters. The number of hydrogen-bond acceptors (Lipinski definition) is 3. The molecule has 2 saturated heterocycles. The molecule has 58 valence electrons. The third-order valence-corrected chi connectivity index (χ3v) is 5.61. The van der Waals surface area contributed by atoms with Gasteiger partial charge in [-0.15, -0.1) is 23.5 Å². The van der Waals surface area contributed by atoms with Gasteiger partial charge < -0.3 is 5.32 Å². The first-order valence-electron chi connectivity index (χ1n) is 3.82. The Morgan fingerprint density at radius 2 is 2.10 bits per heavy atom. The fraction of sp³-hybridized carbons (Fsp3) is 1.00. The molecule has 1 N–H and O–H groups in total. The first-order chi connectivity index (χ1) is 4.81. The molecule has 1 spiro atoms. The minimum atomic E-state index is 0.583. The van der Waals surface area contributed by atoms with Crippen LogP contribution in [0.4, 0.5) is 0 Å². The number of thioether (sulfide) groups is 2. The Morgan fingerprint density at radius 3 is 2.60 bits per heavy atom. The molecule has 0 aromatic carbocycles. The SMILES string of the molecule is C[C@H]1CC2(CN1)SCCS2. The van der Waals surface area contributed by atoms with Gasteiger partial charge in [-0.3, -0.25) is 0 Å². The van der Waals surface area contributed by atoms with Crippen molar-refractivity contribution in [2.75, 3.05) is 18.1 Å². The summed E-state index contributed by atoms with van der Waals surface area (Å²) in [6.07, 6.45) is 1.36. The average Bonchev–Trinajstić information content (AvgIpc) is 2.46. The van der Waals surface area contributed by atoms with E-state index in [1.165, 1.54) is 24.5 Å². The van der Waals surface area contributed by atoms with E-state index in [0.717, 1.165) is 6.04 Å². The number of nitrogens with one attached hydrogen (secondary N) is 1. The van der Waals surface area contributed by atoms with E-state index in [0.29, 0.717) is 4.08 Å². The van der Waals surface area contributed by atoms with Crippen LogP contribution in [-0.4, -0.2) is 28.2 Å². The lowest BCUT2D eigenvalue weighted by atomic mass is 10.2. The zero-order chi connectivity index (χ0) is 7.03. The molecule has 1 nitrogen and oxygen atoms in total. The molecule has 3 heteroatoms. The summed E-state index contributed by atoms with van der Waals surface area (Å²) in [5.41, 5.74) is 0. The van der Waals surface area contributed by atoms with Crippen LogP contribution in [0, 0.1) is 0 Å². The summed E-state index contributed by atoms with van der Waals surface area (Å²) < 4.78 is 0.583. The van der Waals surface area contributed by atoms with E-state index in [4.69, 9.17) is 0 Å². The van der Waals surface area contributed by atoms with Crippen molar-refractivity contribution in [1.29, 1.82) is 0 Å². The maximum atomic E-state index is 3.51. The molecule has 0 radical (unpaired) electrons. The van der Waals surface area contributed by atoms with Gasteiger partial charge in [0, 0.05) is 24.1 Å². The van der Waals surface area contributed by atoms with Crippen molar-refractivity contribution in [3.63, 3.8) is 0 Å². The Labute approximate surface area is 70.7 Å². The average molecular weight is 175 g/mol. The molecule has 2 rings (SSSR count). The molecular formula is C7H13NS2. The van der Waals surface area contributed by atoms with Gasteiger partial charge in [0.1, 0.15) is 0 Å². The molecule has 0 aromatic rings. The first-order valence-corrected chi connectivity index (χ1v) is 5.79. The van der Waals surface area contributed by atoms with Gasteiger partial charge >= 0.3 is 0 Å². The second-order valence-corrected chi connectivity index (χ2v) is 6.31. The Balaban J connectivity index is 2.03. The molecule has 0 unspecified atom stereocenters. The van der Waals surface area contributed by atoms with Crippen LogP contribution in [0.2, 0.25) is 0 Å². The molecule has 0 aromatic heterocycles. The molecule has 2 heterocycles. The molecule has 2 aliphatic rings. The predicted octanol–water partition coefficient (Wildman–Crippen LogP) is 1.54. The molecule has 2 aliphatic heterocycles. The Bertz CT molecular complexity index is 132. The highest BCUT2D eigenvalue weighted by atomic mass is 32.2. The third kappa shape index (κ3) is 1.19. The van der Waals surface area contributed by atoms with E-state index in [2.05, 4.69) is 35.8 Å². The smallest absolute Gasteiger partial charge is 0.0750 e. The van der Waals surface area contributed by atoms with Gasteiger partial charge in [-0.25, -0.2) is 0 Å². The van der Waals surface area contributed by atoms with Gasteiger partial charge in [-0.2, -0.15) is 0 Å². The molecule has 2 fully saturated rings. The molecule has 0 saturated carbocycles. The fourth-order valence-electron chi connectivity index (χ4n) is 1.66. The molecule has 10 heavy (non-hydrogen) atoms. The quantitative estimate of drug-likeness (QED) is 0.600. The molecule has 0 bridgehead atoms. The van der Waals surface area contributed by atoms with Crippen molar-refractivity contribution in [1.82, 2.24) is 5.32 Å². The number of hydrogen-bond donors (Lipinski definition) is 1. The second kappa shape index (κ2) is 2.61. The van der Waals surface area contributed by atoms with Crippen molar-refractivity contribution >= 4 is 23.5 Å². The fourth-order valence-corrected chi connectivity index (χ4v) is 5.01. The van der Waals surface area contributed by atoms with Gasteiger partial charge in [0.05, 0.1) is 4.08 Å². The normalized spacial score (nSPS) is 37.5. The van der Waals surface area contributed by atoms with Crippen molar-refractivity contribution in [3.05, 3.63) is 0 Å². The van der Waals surface area contributed by atoms with Crippen molar-refractivity contribution in [2.45, 2.75) is 23.5 Å². The van der Waals surface area contributed by atoms with Crippen molar-refractivity contribution in [3.8, 4) is 0 Å². The van der Waals surface area contributed by atoms with E-state index >= 15 is 0 Å². The summed E-state index contributed by atoms with van der Waals surface area (Å²) in [6, 6.07) is 0.748. The Kier molecular flexibility index (Phi) is 1.91. The first kappa shape index (κ1) is 7.32. The summed E-state index contributed by atoms with van der Waals surface area (Å²) in [6.45, 7) is 3.51. The summed E-state index contributed by atoms with van der Waals surface area (Å²) in [4.78, 5) is 0. The van der Waals surface area contributed by atoms with E-state index in [9.17, 15) is 0 Å². The summed E-state index contributed by atoms with van der Waals surface area (Å²) in [5, 5.41) is 3.51. The number of rotatable bonds is 0. The molecule has 0 amide bonds. The van der Waals surface area contributed by atoms with Gasteiger partial charge in [-0.05, 0) is 13.3 Å². The highest BCUT2D eigenvalue weighted by Crippen LogP contribution is 2.48. The van der Waals surface area contributed by atoms with Crippen LogP contribution in [0.3, 0.4) is 0 Å². The topological polar surface area (TPSA) is 12.0 Å².